The van der Waals surface area contributed by atoms with Gasteiger partial charge in [0.05, 0.1) is 31.1 Å². The average Bonchev–Trinajstić information content (AvgIpc) is 3.21. The number of nitrogens with zero attached hydrogens (tertiary/aromatic N) is 1. The van der Waals surface area contributed by atoms with Crippen molar-refractivity contribution in [2.45, 2.75) is 45.6 Å². The fourth-order valence-corrected chi connectivity index (χ4v) is 3.34. The number of aromatic nitrogens is 1. The van der Waals surface area contributed by atoms with Crippen LogP contribution in [0.2, 0.25) is 0 Å². The van der Waals surface area contributed by atoms with Crippen LogP contribution in [0.4, 0.5) is 5.69 Å². The number of ether oxygens (including phenoxy) is 3. The number of carbonyl (C=O) groups excluding carboxylic acids is 2. The molecule has 0 aliphatic heterocycles. The molecule has 1 aliphatic carbocycles. The van der Waals surface area contributed by atoms with Crippen LogP contribution in [0.5, 0.6) is 11.5 Å². The molecule has 1 aromatic carbocycles. The maximum absolute atomic E-state index is 12.6. The first-order valence-corrected chi connectivity index (χ1v) is 9.82. The van der Waals surface area contributed by atoms with Gasteiger partial charge in [-0.25, -0.2) is 9.78 Å². The van der Waals surface area contributed by atoms with Crippen molar-refractivity contribution in [1.82, 2.24) is 4.98 Å². The van der Waals surface area contributed by atoms with Crippen molar-refractivity contribution in [3.05, 3.63) is 47.3 Å². The minimum absolute atomic E-state index is 0.176. The van der Waals surface area contributed by atoms with Gasteiger partial charge in [-0.05, 0) is 63.8 Å². The van der Waals surface area contributed by atoms with Crippen LogP contribution >= 0.6 is 0 Å². The summed E-state index contributed by atoms with van der Waals surface area (Å²) in [5, 5.41) is 2.82. The lowest BCUT2D eigenvalue weighted by atomic mass is 10.2. The fraction of sp³-hybridized carbons (Fsp3) is 0.409. The standard InChI is InChI=1S/C22H26N2O5/c1-4-28-22(26)17-10-11-18(23-14(17)2)21(25)24-15-9-12-19(27-3)20(13-15)29-16-7-5-6-8-16/h9-13,16H,4-8H2,1-3H3,(H,24,25). The van der Waals surface area contributed by atoms with E-state index in [1.165, 1.54) is 6.07 Å². The molecular formula is C22H26N2O5. The Morgan fingerprint density at radius 3 is 2.55 bits per heavy atom. The van der Waals surface area contributed by atoms with Crippen LogP contribution in [0, 0.1) is 6.92 Å². The molecule has 0 unspecified atom stereocenters. The lowest BCUT2D eigenvalue weighted by Gasteiger charge is -2.17. The van der Waals surface area contributed by atoms with Gasteiger partial charge in [0.15, 0.2) is 11.5 Å². The highest BCUT2D eigenvalue weighted by Crippen LogP contribution is 2.34. The lowest BCUT2D eigenvalue weighted by molar-refractivity contribution is 0.0524. The number of hydrogen-bond donors (Lipinski definition) is 1. The molecule has 0 radical (unpaired) electrons. The first kappa shape index (κ1) is 20.6. The first-order valence-electron chi connectivity index (χ1n) is 9.82. The van der Waals surface area contributed by atoms with Crippen molar-refractivity contribution >= 4 is 17.6 Å². The highest BCUT2D eigenvalue weighted by atomic mass is 16.5. The second kappa shape index (κ2) is 9.41. The molecule has 1 aromatic heterocycles. The molecule has 1 aliphatic rings. The van der Waals surface area contributed by atoms with E-state index in [2.05, 4.69) is 10.3 Å². The zero-order valence-electron chi connectivity index (χ0n) is 17.0. The largest absolute Gasteiger partial charge is 0.493 e. The molecular weight excluding hydrogens is 372 g/mol. The van der Waals surface area contributed by atoms with Crippen molar-refractivity contribution in [1.29, 1.82) is 0 Å². The summed E-state index contributed by atoms with van der Waals surface area (Å²) < 4.78 is 16.4. The summed E-state index contributed by atoms with van der Waals surface area (Å²) in [7, 11) is 1.59. The van der Waals surface area contributed by atoms with Gasteiger partial charge in [-0.1, -0.05) is 0 Å². The van der Waals surface area contributed by atoms with Crippen LogP contribution in [-0.4, -0.2) is 36.7 Å². The minimum atomic E-state index is -0.451. The Morgan fingerprint density at radius 2 is 1.90 bits per heavy atom. The van der Waals surface area contributed by atoms with Gasteiger partial charge in [-0.2, -0.15) is 0 Å². The Labute approximate surface area is 170 Å². The summed E-state index contributed by atoms with van der Waals surface area (Å²) in [6.45, 7) is 3.69. The minimum Gasteiger partial charge on any atom is -0.493 e. The van der Waals surface area contributed by atoms with E-state index in [0.29, 0.717) is 28.4 Å². The molecule has 1 heterocycles. The van der Waals surface area contributed by atoms with Gasteiger partial charge in [0.2, 0.25) is 0 Å². The van der Waals surface area contributed by atoms with Crippen LogP contribution in [0.25, 0.3) is 0 Å². The predicted molar refractivity (Wildman–Crippen MR) is 109 cm³/mol. The van der Waals surface area contributed by atoms with E-state index in [0.717, 1.165) is 25.7 Å². The highest BCUT2D eigenvalue weighted by Gasteiger charge is 2.19. The molecule has 0 spiro atoms. The van der Waals surface area contributed by atoms with Gasteiger partial charge < -0.3 is 19.5 Å². The highest BCUT2D eigenvalue weighted by molar-refractivity contribution is 6.03. The first-order chi connectivity index (χ1) is 14.0. The molecule has 7 heteroatoms. The van der Waals surface area contributed by atoms with Crippen LogP contribution in [0.1, 0.15) is 59.1 Å². The predicted octanol–water partition coefficient (Wildman–Crippen LogP) is 4.15. The Balaban J connectivity index is 1.74. The Kier molecular flexibility index (Phi) is 6.69. The number of benzene rings is 1. The number of aryl methyl sites for hydroxylation is 1. The molecule has 154 valence electrons. The normalized spacial score (nSPS) is 13.8. The summed E-state index contributed by atoms with van der Waals surface area (Å²) >= 11 is 0. The van der Waals surface area contributed by atoms with E-state index >= 15 is 0 Å². The molecule has 2 aromatic rings. The van der Waals surface area contributed by atoms with Crippen molar-refractivity contribution < 1.29 is 23.8 Å². The summed E-state index contributed by atoms with van der Waals surface area (Å²) in [5.41, 5.74) is 1.58. The molecule has 0 bridgehead atoms. The number of esters is 1. The topological polar surface area (TPSA) is 86.8 Å². The molecule has 1 amide bonds. The summed E-state index contributed by atoms with van der Waals surface area (Å²) in [6.07, 6.45) is 4.55. The van der Waals surface area contributed by atoms with E-state index in [1.54, 1.807) is 45.2 Å². The third-order valence-electron chi connectivity index (χ3n) is 4.83. The van der Waals surface area contributed by atoms with Gasteiger partial charge in [-0.15, -0.1) is 0 Å². The SMILES string of the molecule is CCOC(=O)c1ccc(C(=O)Nc2ccc(OC)c(OC3CCCC3)c2)nc1C. The number of rotatable bonds is 7. The summed E-state index contributed by atoms with van der Waals surface area (Å²) in [5.74, 6) is 0.412. The number of hydrogen-bond acceptors (Lipinski definition) is 6. The van der Waals surface area contributed by atoms with E-state index in [1.807, 2.05) is 0 Å². The Bertz CT molecular complexity index is 891. The van der Waals surface area contributed by atoms with E-state index < -0.39 is 5.97 Å². The van der Waals surface area contributed by atoms with Gasteiger partial charge in [0.1, 0.15) is 5.69 Å². The monoisotopic (exact) mass is 398 g/mol. The Morgan fingerprint density at radius 1 is 1.14 bits per heavy atom. The van der Waals surface area contributed by atoms with Gasteiger partial charge in [0.25, 0.3) is 5.91 Å². The molecule has 3 rings (SSSR count). The van der Waals surface area contributed by atoms with Gasteiger partial charge >= 0.3 is 5.97 Å². The van der Waals surface area contributed by atoms with Crippen molar-refractivity contribution in [3.8, 4) is 11.5 Å². The molecule has 0 atom stereocenters. The van der Waals surface area contributed by atoms with Crippen LogP contribution in [0.3, 0.4) is 0 Å². The number of pyridine rings is 1. The van der Waals surface area contributed by atoms with E-state index in [9.17, 15) is 9.59 Å². The molecule has 1 N–H and O–H groups in total. The zero-order chi connectivity index (χ0) is 20.8. The van der Waals surface area contributed by atoms with Crippen LogP contribution in [-0.2, 0) is 4.74 Å². The fourth-order valence-electron chi connectivity index (χ4n) is 3.34. The van der Waals surface area contributed by atoms with Crippen LogP contribution in [0.15, 0.2) is 30.3 Å². The average molecular weight is 398 g/mol. The molecule has 29 heavy (non-hydrogen) atoms. The molecule has 1 fully saturated rings. The summed E-state index contributed by atoms with van der Waals surface area (Å²) in [6, 6.07) is 8.33. The maximum atomic E-state index is 12.6. The number of carbonyl (C=O) groups is 2. The Hall–Kier alpha value is -3.09. The molecule has 7 nitrogen and oxygen atoms in total. The second-order valence-electron chi connectivity index (χ2n) is 6.89. The number of nitrogens with one attached hydrogen (secondary N) is 1. The number of anilines is 1. The van der Waals surface area contributed by atoms with Crippen molar-refractivity contribution in [2.75, 3.05) is 19.0 Å². The van der Waals surface area contributed by atoms with Crippen molar-refractivity contribution in [3.63, 3.8) is 0 Å². The van der Waals surface area contributed by atoms with E-state index in [-0.39, 0.29) is 24.3 Å². The smallest absolute Gasteiger partial charge is 0.339 e. The third-order valence-corrected chi connectivity index (χ3v) is 4.83. The summed E-state index contributed by atoms with van der Waals surface area (Å²) in [4.78, 5) is 28.8. The van der Waals surface area contributed by atoms with E-state index in [4.69, 9.17) is 14.2 Å². The quantitative estimate of drug-likeness (QED) is 0.705. The molecule has 1 saturated carbocycles. The maximum Gasteiger partial charge on any atom is 0.339 e. The third kappa shape index (κ3) is 5.04. The molecule has 0 saturated heterocycles. The van der Waals surface area contributed by atoms with Gasteiger partial charge in [0, 0.05) is 11.8 Å². The zero-order valence-corrected chi connectivity index (χ0v) is 17.0. The number of methoxy groups -OCH3 is 1. The lowest BCUT2D eigenvalue weighted by Crippen LogP contribution is -2.16. The number of amides is 1. The van der Waals surface area contributed by atoms with Crippen molar-refractivity contribution in [2.24, 2.45) is 0 Å². The second-order valence-corrected chi connectivity index (χ2v) is 6.89. The van der Waals surface area contributed by atoms with Gasteiger partial charge in [-0.3, -0.25) is 4.79 Å². The van der Waals surface area contributed by atoms with Crippen LogP contribution < -0.4 is 14.8 Å².